The van der Waals surface area contributed by atoms with E-state index in [2.05, 4.69) is 25.6 Å². The predicted molar refractivity (Wildman–Crippen MR) is 97.9 cm³/mol. The number of benzene rings is 1. The summed E-state index contributed by atoms with van der Waals surface area (Å²) in [6, 6.07) is 8.74. The Labute approximate surface area is 155 Å². The topological polar surface area (TPSA) is 74.3 Å². The Morgan fingerprint density at radius 1 is 1.33 bits per heavy atom. The monoisotopic (exact) mass is 427 g/mol. The van der Waals surface area contributed by atoms with Crippen molar-refractivity contribution in [3.8, 4) is 5.75 Å². The molecule has 1 unspecified atom stereocenters. The summed E-state index contributed by atoms with van der Waals surface area (Å²) in [6.07, 6.45) is 1.59. The van der Waals surface area contributed by atoms with Crippen molar-refractivity contribution in [3.63, 3.8) is 0 Å². The van der Waals surface area contributed by atoms with Gasteiger partial charge in [0.2, 0.25) is 0 Å². The average Bonchev–Trinajstić information content (AvgIpc) is 2.49. The van der Waals surface area contributed by atoms with Crippen LogP contribution in [0.3, 0.4) is 0 Å². The molecule has 8 heteroatoms. The van der Waals surface area contributed by atoms with Crippen LogP contribution in [0.15, 0.2) is 41.0 Å². The summed E-state index contributed by atoms with van der Waals surface area (Å²) in [5.74, 6) is 0.574. The number of ether oxygens (including phenoxy) is 1. The first-order valence-corrected chi connectivity index (χ1v) is 9.24. The number of nitrogens with one attached hydrogen (secondary N) is 1. The van der Waals surface area contributed by atoms with E-state index in [-0.39, 0.29) is 0 Å². The molecule has 0 saturated heterocycles. The Morgan fingerprint density at radius 2 is 2.08 bits per heavy atom. The number of fused-ring (bicyclic) bond motifs is 1. The van der Waals surface area contributed by atoms with Crippen LogP contribution in [0.1, 0.15) is 25.1 Å². The first-order chi connectivity index (χ1) is 11.3. The second kappa shape index (κ2) is 6.48. The van der Waals surface area contributed by atoms with Gasteiger partial charge in [0.05, 0.1) is 10.7 Å². The molecule has 5 nitrogen and oxygen atoms in total. The van der Waals surface area contributed by atoms with Gasteiger partial charge in [-0.15, -0.1) is 0 Å². The molecule has 0 spiro atoms. The van der Waals surface area contributed by atoms with Gasteiger partial charge in [-0.2, -0.15) is 0 Å². The van der Waals surface area contributed by atoms with Crippen molar-refractivity contribution in [3.05, 3.63) is 57.3 Å². The van der Waals surface area contributed by atoms with Crippen LogP contribution in [0, 0.1) is 0 Å². The number of aromatic nitrogens is 1. The van der Waals surface area contributed by atoms with Gasteiger partial charge in [-0.1, -0.05) is 27.5 Å². The number of anilines is 1. The zero-order valence-electron chi connectivity index (χ0n) is 12.8. The Hall–Kier alpha value is -1.41. The van der Waals surface area contributed by atoms with Crippen molar-refractivity contribution < 1.29 is 13.5 Å². The molecule has 3 rings (SSSR count). The van der Waals surface area contributed by atoms with Crippen LogP contribution in [0.4, 0.5) is 5.69 Å². The summed E-state index contributed by atoms with van der Waals surface area (Å²) in [7, 11) is 0. The van der Waals surface area contributed by atoms with Crippen molar-refractivity contribution in [2.24, 2.45) is 0 Å². The highest BCUT2D eigenvalue weighted by Crippen LogP contribution is 2.46. The molecule has 1 aromatic carbocycles. The minimum absolute atomic E-state index is 0.430. The molecular formula is C16H13BrClN2O3S-. The van der Waals surface area contributed by atoms with Crippen LogP contribution >= 0.6 is 27.5 Å². The quantitative estimate of drug-likeness (QED) is 0.741. The minimum Gasteiger partial charge on any atom is -0.755 e. The molecule has 0 amide bonds. The number of hydrogen-bond acceptors (Lipinski definition) is 4. The first kappa shape index (κ1) is 17.4. The summed E-state index contributed by atoms with van der Waals surface area (Å²) >= 11 is 7.16. The number of nitrogens with zero attached hydrogens (tertiary/aromatic N) is 1. The minimum atomic E-state index is -2.39. The van der Waals surface area contributed by atoms with Crippen molar-refractivity contribution in [2.75, 3.05) is 4.72 Å². The van der Waals surface area contributed by atoms with E-state index >= 15 is 0 Å². The highest BCUT2D eigenvalue weighted by atomic mass is 79.9. The maximum atomic E-state index is 10.8. The van der Waals surface area contributed by atoms with E-state index in [0.717, 1.165) is 21.3 Å². The van der Waals surface area contributed by atoms with Crippen LogP contribution in [0.5, 0.6) is 5.75 Å². The fourth-order valence-electron chi connectivity index (χ4n) is 2.49. The average molecular weight is 429 g/mol. The lowest BCUT2D eigenvalue weighted by Gasteiger charge is -2.34. The lowest BCUT2D eigenvalue weighted by atomic mass is 9.92. The molecule has 1 aliphatic rings. The van der Waals surface area contributed by atoms with E-state index < -0.39 is 16.9 Å². The third kappa shape index (κ3) is 3.35. The molecule has 0 bridgehead atoms. The first-order valence-electron chi connectivity index (χ1n) is 6.99. The third-order valence-corrected chi connectivity index (χ3v) is 5.53. The summed E-state index contributed by atoms with van der Waals surface area (Å²) in [4.78, 5) is 4.40. The Kier molecular flexibility index (Phi) is 4.70. The SMILES string of the molecule is CC1(C)Oc2cc(NS(=O)[O-])ccc2C(c2ccc(Cl)cn2)=C1Br. The number of rotatable bonds is 3. The van der Waals surface area contributed by atoms with Gasteiger partial charge < -0.3 is 14.0 Å². The molecule has 24 heavy (non-hydrogen) atoms. The van der Waals surface area contributed by atoms with Crippen molar-refractivity contribution >= 4 is 50.1 Å². The van der Waals surface area contributed by atoms with E-state index in [0.29, 0.717) is 16.5 Å². The Balaban J connectivity index is 2.17. The van der Waals surface area contributed by atoms with Gasteiger partial charge in [0.1, 0.15) is 11.4 Å². The van der Waals surface area contributed by atoms with Crippen molar-refractivity contribution in [2.45, 2.75) is 19.4 Å². The second-order valence-corrected chi connectivity index (χ2v) is 7.61. The smallest absolute Gasteiger partial charge is 0.135 e. The van der Waals surface area contributed by atoms with Crippen molar-refractivity contribution in [1.29, 1.82) is 0 Å². The van der Waals surface area contributed by atoms with Gasteiger partial charge in [-0.25, -0.2) is 0 Å². The van der Waals surface area contributed by atoms with E-state index in [1.165, 1.54) is 0 Å². The molecule has 126 valence electrons. The second-order valence-electron chi connectivity index (χ2n) is 5.71. The Bertz CT molecular complexity index is 853. The molecule has 0 saturated carbocycles. The van der Waals surface area contributed by atoms with E-state index in [1.54, 1.807) is 30.5 Å². The fraction of sp³-hybridized carbons (Fsp3) is 0.188. The Morgan fingerprint density at radius 3 is 2.71 bits per heavy atom. The molecule has 0 radical (unpaired) electrons. The predicted octanol–water partition coefficient (Wildman–Crippen LogP) is 4.27. The highest BCUT2D eigenvalue weighted by Gasteiger charge is 2.34. The van der Waals surface area contributed by atoms with Gasteiger partial charge in [0, 0.05) is 44.8 Å². The molecular weight excluding hydrogens is 416 g/mol. The fourth-order valence-corrected chi connectivity index (χ4v) is 3.41. The van der Waals surface area contributed by atoms with Gasteiger partial charge in [0.25, 0.3) is 0 Å². The molecule has 1 aromatic heterocycles. The zero-order chi connectivity index (χ0) is 17.5. The molecule has 2 heterocycles. The molecule has 1 aliphatic heterocycles. The zero-order valence-corrected chi connectivity index (χ0v) is 16.0. The van der Waals surface area contributed by atoms with Gasteiger partial charge in [-0.05, 0) is 38.1 Å². The highest BCUT2D eigenvalue weighted by molar-refractivity contribution is 9.12. The van der Waals surface area contributed by atoms with Gasteiger partial charge in [0.15, 0.2) is 0 Å². The lowest BCUT2D eigenvalue weighted by molar-refractivity contribution is 0.155. The standard InChI is InChI=1S/C16H14BrClN2O3S/c1-16(2)15(17)14(12-6-3-9(18)8-19-12)11-5-4-10(20-24(21)22)7-13(11)23-16/h3-8,20H,1-2H3,(H,21,22)/p-1. The van der Waals surface area contributed by atoms with E-state index in [9.17, 15) is 8.76 Å². The van der Waals surface area contributed by atoms with E-state index in [4.69, 9.17) is 16.3 Å². The van der Waals surface area contributed by atoms with Crippen LogP contribution in [0.25, 0.3) is 5.57 Å². The largest absolute Gasteiger partial charge is 0.755 e. The summed E-state index contributed by atoms with van der Waals surface area (Å²) in [5.41, 5.74) is 2.25. The maximum Gasteiger partial charge on any atom is 0.135 e. The number of halogens is 2. The maximum absolute atomic E-state index is 10.8. The molecule has 1 N–H and O–H groups in total. The van der Waals surface area contributed by atoms with E-state index in [1.807, 2.05) is 19.9 Å². The van der Waals surface area contributed by atoms with Crippen LogP contribution in [0.2, 0.25) is 5.02 Å². The summed E-state index contributed by atoms with van der Waals surface area (Å²) in [6.45, 7) is 3.84. The molecule has 0 fully saturated rings. The number of pyridine rings is 1. The summed E-state index contributed by atoms with van der Waals surface area (Å²) in [5, 5.41) is 0.555. The molecule has 0 aliphatic carbocycles. The van der Waals surface area contributed by atoms with Gasteiger partial charge >= 0.3 is 0 Å². The lowest BCUT2D eigenvalue weighted by Crippen LogP contribution is -2.32. The molecule has 2 aromatic rings. The number of hydrogen-bond donors (Lipinski definition) is 1. The van der Waals surface area contributed by atoms with Crippen LogP contribution in [-0.2, 0) is 11.3 Å². The summed E-state index contributed by atoms with van der Waals surface area (Å²) < 4.78 is 30.9. The third-order valence-electron chi connectivity index (χ3n) is 3.55. The van der Waals surface area contributed by atoms with Crippen LogP contribution < -0.4 is 9.46 Å². The molecule has 1 atom stereocenters. The normalized spacial score (nSPS) is 17.0. The van der Waals surface area contributed by atoms with Gasteiger partial charge in [-0.3, -0.25) is 9.19 Å². The van der Waals surface area contributed by atoms with Crippen LogP contribution in [-0.4, -0.2) is 19.3 Å². The van der Waals surface area contributed by atoms with Crippen molar-refractivity contribution in [1.82, 2.24) is 4.98 Å².